The summed E-state index contributed by atoms with van der Waals surface area (Å²) < 4.78 is 65.0. The van der Waals surface area contributed by atoms with Crippen molar-refractivity contribution in [2.45, 2.75) is 26.2 Å². The molecular weight excluding hydrogens is 494 g/mol. The number of aromatic amines is 2. The maximum absolute atomic E-state index is 15.3. The summed E-state index contributed by atoms with van der Waals surface area (Å²) in [6.45, 7) is 7.56. The number of aromatic nitrogens is 3. The zero-order chi connectivity index (χ0) is 27.0. The molecule has 0 aliphatic heterocycles. The number of ether oxygens (including phenoxy) is 1. The number of imidazole rings is 1. The monoisotopic (exact) mass is 519 g/mol. The van der Waals surface area contributed by atoms with Gasteiger partial charge in [0.2, 0.25) is 0 Å². The second kappa shape index (κ2) is 10.2. The lowest BCUT2D eigenvalue weighted by Gasteiger charge is -2.15. The first-order valence-electron chi connectivity index (χ1n) is 12.1. The highest BCUT2D eigenvalue weighted by molar-refractivity contribution is 5.82. The Hall–Kier alpha value is -4.33. The molecule has 2 aromatic heterocycles. The molecule has 8 heteroatoms. The van der Waals surface area contributed by atoms with E-state index >= 15 is 4.39 Å². The SMILES string of the molecule is C=CC(C)Cc1cccc(C(C)c2cnc(-c3cc(Oc4c(F)cc5[nH]ccc5c4F)ccc3F)[nH]2)c1F. The van der Waals surface area contributed by atoms with Crippen LogP contribution in [-0.4, -0.2) is 15.0 Å². The van der Waals surface area contributed by atoms with Crippen molar-refractivity contribution in [2.75, 3.05) is 0 Å². The Balaban J connectivity index is 1.43. The zero-order valence-electron chi connectivity index (χ0n) is 20.8. The lowest BCUT2D eigenvalue weighted by Crippen LogP contribution is -2.05. The number of rotatable bonds is 8. The molecule has 38 heavy (non-hydrogen) atoms. The third kappa shape index (κ3) is 4.69. The maximum atomic E-state index is 15.3. The Morgan fingerprint density at radius 1 is 1.00 bits per heavy atom. The highest BCUT2D eigenvalue weighted by Crippen LogP contribution is 2.35. The van der Waals surface area contributed by atoms with Crippen LogP contribution in [0.2, 0.25) is 0 Å². The van der Waals surface area contributed by atoms with Crippen LogP contribution in [0.25, 0.3) is 22.3 Å². The lowest BCUT2D eigenvalue weighted by atomic mass is 9.92. The van der Waals surface area contributed by atoms with Crippen LogP contribution in [0.15, 0.2) is 73.6 Å². The van der Waals surface area contributed by atoms with Gasteiger partial charge in [0, 0.05) is 35.5 Å². The Morgan fingerprint density at radius 3 is 2.61 bits per heavy atom. The van der Waals surface area contributed by atoms with E-state index < -0.39 is 29.1 Å². The molecule has 0 saturated carbocycles. The summed E-state index contributed by atoms with van der Waals surface area (Å²) in [7, 11) is 0. The Bertz CT molecular complexity index is 1640. The molecule has 0 amide bonds. The van der Waals surface area contributed by atoms with Gasteiger partial charge in [-0.05, 0) is 47.7 Å². The Morgan fingerprint density at radius 2 is 1.82 bits per heavy atom. The number of benzene rings is 3. The first-order valence-corrected chi connectivity index (χ1v) is 12.1. The number of nitrogens with one attached hydrogen (secondary N) is 2. The van der Waals surface area contributed by atoms with E-state index in [1.165, 1.54) is 30.6 Å². The van der Waals surface area contributed by atoms with Gasteiger partial charge in [-0.1, -0.05) is 38.1 Å². The molecule has 5 rings (SSSR count). The summed E-state index contributed by atoms with van der Waals surface area (Å²) in [5, 5.41) is 0.170. The second-order valence-electron chi connectivity index (χ2n) is 9.33. The van der Waals surface area contributed by atoms with Crippen molar-refractivity contribution in [3.63, 3.8) is 0 Å². The van der Waals surface area contributed by atoms with Gasteiger partial charge in [0.05, 0.1) is 11.1 Å². The largest absolute Gasteiger partial charge is 0.451 e. The van der Waals surface area contributed by atoms with E-state index in [0.717, 1.165) is 12.1 Å². The minimum absolute atomic E-state index is 0.0233. The molecule has 4 nitrogen and oxygen atoms in total. The number of nitrogens with zero attached hydrogens (tertiary/aromatic N) is 1. The number of H-pyrrole nitrogens is 2. The average Bonchev–Trinajstić information content (AvgIpc) is 3.58. The molecule has 0 spiro atoms. The molecule has 2 atom stereocenters. The molecule has 5 aromatic rings. The number of fused-ring (bicyclic) bond motifs is 1. The summed E-state index contributed by atoms with van der Waals surface area (Å²) in [6, 6.07) is 11.6. The van der Waals surface area contributed by atoms with E-state index in [0.29, 0.717) is 28.8 Å². The molecule has 0 aliphatic rings. The molecule has 2 unspecified atom stereocenters. The average molecular weight is 520 g/mol. The van der Waals surface area contributed by atoms with Crippen molar-refractivity contribution in [3.8, 4) is 22.9 Å². The van der Waals surface area contributed by atoms with Crippen LogP contribution >= 0.6 is 0 Å². The van der Waals surface area contributed by atoms with Gasteiger partial charge in [0.15, 0.2) is 17.4 Å². The summed E-state index contributed by atoms with van der Waals surface area (Å²) in [5.41, 5.74) is 1.99. The molecule has 2 heterocycles. The standard InChI is InChI=1S/C30H25F4N3O/c1-4-16(2)12-18-6-5-7-20(27(18)33)17(3)26-15-36-30(37-26)22-13-19(8-9-23(22)31)38-29-24(32)14-25-21(28(29)34)10-11-35-25/h4-11,13-17,35H,1,12H2,2-3H3,(H,36,37). The lowest BCUT2D eigenvalue weighted by molar-refractivity contribution is 0.410. The molecule has 0 aliphatic carbocycles. The topological polar surface area (TPSA) is 53.7 Å². The third-order valence-corrected chi connectivity index (χ3v) is 6.70. The predicted octanol–water partition coefficient (Wildman–Crippen LogP) is 8.42. The highest BCUT2D eigenvalue weighted by atomic mass is 19.1. The van der Waals surface area contributed by atoms with Crippen LogP contribution in [-0.2, 0) is 6.42 Å². The van der Waals surface area contributed by atoms with Crippen LogP contribution in [0.3, 0.4) is 0 Å². The van der Waals surface area contributed by atoms with Crippen LogP contribution in [0.5, 0.6) is 11.5 Å². The van der Waals surface area contributed by atoms with Crippen molar-refractivity contribution in [2.24, 2.45) is 5.92 Å². The molecule has 0 saturated heterocycles. The zero-order valence-corrected chi connectivity index (χ0v) is 20.8. The smallest absolute Gasteiger partial charge is 0.199 e. The number of hydrogen-bond donors (Lipinski definition) is 2. The van der Waals surface area contributed by atoms with Crippen molar-refractivity contribution in [1.82, 2.24) is 15.0 Å². The number of allylic oxidation sites excluding steroid dienone is 1. The molecule has 0 radical (unpaired) electrons. The van der Waals surface area contributed by atoms with E-state index in [1.807, 2.05) is 13.8 Å². The molecule has 2 N–H and O–H groups in total. The van der Waals surface area contributed by atoms with E-state index in [9.17, 15) is 13.2 Å². The van der Waals surface area contributed by atoms with Crippen molar-refractivity contribution < 1.29 is 22.3 Å². The van der Waals surface area contributed by atoms with Gasteiger partial charge in [-0.3, -0.25) is 0 Å². The maximum Gasteiger partial charge on any atom is 0.199 e. The van der Waals surface area contributed by atoms with Crippen LogP contribution < -0.4 is 4.74 Å². The Labute approximate surface area is 217 Å². The molecule has 0 bridgehead atoms. The van der Waals surface area contributed by atoms with Crippen molar-refractivity contribution >= 4 is 10.9 Å². The van der Waals surface area contributed by atoms with Gasteiger partial charge in [-0.2, -0.15) is 0 Å². The highest BCUT2D eigenvalue weighted by Gasteiger charge is 2.21. The van der Waals surface area contributed by atoms with Crippen LogP contribution in [0.1, 0.15) is 36.6 Å². The summed E-state index contributed by atoms with van der Waals surface area (Å²) in [6.07, 6.45) is 5.32. The fourth-order valence-corrected chi connectivity index (χ4v) is 4.46. The van der Waals surface area contributed by atoms with Gasteiger partial charge in [0.1, 0.15) is 23.2 Å². The first-order chi connectivity index (χ1) is 18.3. The normalized spacial score (nSPS) is 13.0. The van der Waals surface area contributed by atoms with E-state index in [-0.39, 0.29) is 34.3 Å². The van der Waals surface area contributed by atoms with Crippen LogP contribution in [0, 0.1) is 29.2 Å². The Kier molecular flexibility index (Phi) is 6.80. The number of hydrogen-bond acceptors (Lipinski definition) is 2. The van der Waals surface area contributed by atoms with E-state index in [2.05, 4.69) is 21.5 Å². The van der Waals surface area contributed by atoms with Crippen molar-refractivity contribution in [3.05, 3.63) is 114 Å². The molecule has 194 valence electrons. The van der Waals surface area contributed by atoms with Gasteiger partial charge in [-0.25, -0.2) is 22.5 Å². The minimum Gasteiger partial charge on any atom is -0.451 e. The second-order valence-corrected chi connectivity index (χ2v) is 9.33. The van der Waals surface area contributed by atoms with Gasteiger partial charge in [0.25, 0.3) is 0 Å². The quantitative estimate of drug-likeness (QED) is 0.160. The summed E-state index contributed by atoms with van der Waals surface area (Å²) in [5.74, 6) is -3.34. The molecule has 3 aromatic carbocycles. The first kappa shape index (κ1) is 25.3. The van der Waals surface area contributed by atoms with Crippen molar-refractivity contribution in [1.29, 1.82) is 0 Å². The van der Waals surface area contributed by atoms with Crippen LogP contribution in [0.4, 0.5) is 17.6 Å². The number of halogens is 4. The molecule has 0 fully saturated rings. The predicted molar refractivity (Wildman–Crippen MR) is 139 cm³/mol. The fourth-order valence-electron chi connectivity index (χ4n) is 4.46. The molecular formula is C30H25F4N3O. The minimum atomic E-state index is -0.899. The van der Waals surface area contributed by atoms with Gasteiger partial charge >= 0.3 is 0 Å². The van der Waals surface area contributed by atoms with E-state index in [1.54, 1.807) is 24.3 Å². The fraction of sp³-hybridized carbons (Fsp3) is 0.167. The summed E-state index contributed by atoms with van der Waals surface area (Å²) in [4.78, 5) is 10.1. The van der Waals surface area contributed by atoms with Gasteiger partial charge < -0.3 is 14.7 Å². The third-order valence-electron chi connectivity index (χ3n) is 6.70. The van der Waals surface area contributed by atoms with E-state index in [4.69, 9.17) is 4.74 Å². The van der Waals surface area contributed by atoms with Gasteiger partial charge in [-0.15, -0.1) is 6.58 Å². The summed E-state index contributed by atoms with van der Waals surface area (Å²) >= 11 is 0.